The van der Waals surface area contributed by atoms with Crippen molar-refractivity contribution in [3.63, 3.8) is 0 Å². The molecule has 0 spiro atoms. The number of ether oxygens (including phenoxy) is 1. The molecule has 0 bridgehead atoms. The smallest absolute Gasteiger partial charge is 0.387 e. The van der Waals surface area contributed by atoms with Crippen LogP contribution < -0.4 is 10.1 Å². The molecule has 0 unspecified atom stereocenters. The summed E-state index contributed by atoms with van der Waals surface area (Å²) in [5, 5.41) is 7.16. The van der Waals surface area contributed by atoms with Crippen LogP contribution >= 0.6 is 11.6 Å². The third kappa shape index (κ3) is 4.62. The minimum atomic E-state index is -2.94. The van der Waals surface area contributed by atoms with Gasteiger partial charge in [-0.25, -0.2) is 4.68 Å². The van der Waals surface area contributed by atoms with Crippen LogP contribution in [0.4, 0.5) is 14.5 Å². The molecule has 0 aliphatic heterocycles. The molecule has 1 aromatic heterocycles. The molecule has 27 heavy (non-hydrogen) atoms. The number of carbonyl (C=O) groups excluding carboxylic acids is 1. The van der Waals surface area contributed by atoms with Gasteiger partial charge in [-0.05, 0) is 24.6 Å². The van der Waals surface area contributed by atoms with Crippen molar-refractivity contribution in [3.05, 3.63) is 76.6 Å². The largest absolute Gasteiger partial charge is 0.435 e. The molecule has 0 radical (unpaired) electrons. The van der Waals surface area contributed by atoms with Crippen LogP contribution in [-0.4, -0.2) is 22.3 Å². The number of nitrogens with zero attached hydrogens (tertiary/aromatic N) is 2. The van der Waals surface area contributed by atoms with E-state index in [-0.39, 0.29) is 16.5 Å². The van der Waals surface area contributed by atoms with Gasteiger partial charge in [0.1, 0.15) is 10.9 Å². The minimum absolute atomic E-state index is 0.0506. The Labute approximate surface area is 159 Å². The van der Waals surface area contributed by atoms with Crippen molar-refractivity contribution in [2.24, 2.45) is 0 Å². The molecule has 1 N–H and O–H groups in total. The van der Waals surface area contributed by atoms with Crippen LogP contribution in [0.3, 0.4) is 0 Å². The Morgan fingerprint density at radius 2 is 1.96 bits per heavy atom. The highest BCUT2D eigenvalue weighted by atomic mass is 35.5. The van der Waals surface area contributed by atoms with Crippen LogP contribution in [0.2, 0.25) is 5.15 Å². The molecule has 2 aromatic carbocycles. The Bertz CT molecular complexity index is 945. The first-order valence-electron chi connectivity index (χ1n) is 8.07. The van der Waals surface area contributed by atoms with Crippen molar-refractivity contribution < 1.29 is 18.3 Å². The van der Waals surface area contributed by atoms with Gasteiger partial charge < -0.3 is 10.1 Å². The van der Waals surface area contributed by atoms with E-state index in [9.17, 15) is 13.6 Å². The topological polar surface area (TPSA) is 56.2 Å². The van der Waals surface area contributed by atoms with Crippen LogP contribution in [0.15, 0.2) is 54.6 Å². The standard InChI is InChI=1S/C19H16ClF2N3O2/c1-12-16(17(20)25(24-12)11-13-6-3-2-4-7-13)18(26)23-14-8-5-9-15(10-14)27-19(21)22/h2-10,19H,11H2,1H3,(H,23,26). The zero-order chi connectivity index (χ0) is 19.4. The van der Waals surface area contributed by atoms with Crippen LogP contribution in [0, 0.1) is 6.92 Å². The lowest BCUT2D eigenvalue weighted by atomic mass is 10.2. The molecular weight excluding hydrogens is 376 g/mol. The van der Waals surface area contributed by atoms with Gasteiger partial charge in [0, 0.05) is 11.8 Å². The maximum atomic E-state index is 12.6. The van der Waals surface area contributed by atoms with Gasteiger partial charge in [0.15, 0.2) is 0 Å². The number of nitrogens with one attached hydrogen (secondary N) is 1. The van der Waals surface area contributed by atoms with Crippen LogP contribution in [0.25, 0.3) is 0 Å². The number of alkyl halides is 2. The van der Waals surface area contributed by atoms with Gasteiger partial charge in [-0.15, -0.1) is 0 Å². The molecule has 5 nitrogen and oxygen atoms in total. The lowest BCUT2D eigenvalue weighted by molar-refractivity contribution is -0.0497. The number of carbonyl (C=O) groups is 1. The number of hydrogen-bond donors (Lipinski definition) is 1. The fourth-order valence-electron chi connectivity index (χ4n) is 2.62. The van der Waals surface area contributed by atoms with Gasteiger partial charge in [-0.1, -0.05) is 48.0 Å². The van der Waals surface area contributed by atoms with Gasteiger partial charge in [0.25, 0.3) is 5.91 Å². The number of anilines is 1. The number of halogens is 3. The molecule has 0 fully saturated rings. The number of aryl methyl sites for hydroxylation is 1. The van der Waals surface area contributed by atoms with Crippen molar-refractivity contribution in [1.82, 2.24) is 9.78 Å². The normalized spacial score (nSPS) is 10.9. The molecule has 0 saturated carbocycles. The summed E-state index contributed by atoms with van der Waals surface area (Å²) >= 11 is 6.36. The van der Waals surface area contributed by atoms with E-state index >= 15 is 0 Å². The Kier molecular flexibility index (Phi) is 5.71. The van der Waals surface area contributed by atoms with Gasteiger partial charge in [-0.2, -0.15) is 13.9 Å². The number of benzene rings is 2. The minimum Gasteiger partial charge on any atom is -0.435 e. The summed E-state index contributed by atoms with van der Waals surface area (Å²) in [5.41, 5.74) is 2.00. The van der Waals surface area contributed by atoms with Crippen LogP contribution in [0.1, 0.15) is 21.6 Å². The predicted octanol–water partition coefficient (Wildman–Crippen LogP) is 4.75. The summed E-state index contributed by atoms with van der Waals surface area (Å²) in [6, 6.07) is 15.3. The molecule has 3 aromatic rings. The summed E-state index contributed by atoms with van der Waals surface area (Å²) in [6.07, 6.45) is 0. The number of rotatable bonds is 6. The molecular formula is C19H16ClF2N3O2. The van der Waals surface area contributed by atoms with Crippen LogP contribution in [0.5, 0.6) is 5.75 Å². The maximum absolute atomic E-state index is 12.6. The first kappa shape index (κ1) is 18.8. The van der Waals surface area contributed by atoms with E-state index in [1.807, 2.05) is 30.3 Å². The SMILES string of the molecule is Cc1nn(Cc2ccccc2)c(Cl)c1C(=O)Nc1cccc(OC(F)F)c1. The van der Waals surface area contributed by atoms with E-state index in [1.54, 1.807) is 13.0 Å². The summed E-state index contributed by atoms with van der Waals surface area (Å²) in [6.45, 7) is -0.840. The fraction of sp³-hybridized carbons (Fsp3) is 0.158. The third-order valence-electron chi connectivity index (χ3n) is 3.78. The summed E-state index contributed by atoms with van der Waals surface area (Å²) in [5.74, 6) is -0.531. The average molecular weight is 392 g/mol. The Hall–Kier alpha value is -2.93. The first-order valence-corrected chi connectivity index (χ1v) is 8.45. The molecule has 0 atom stereocenters. The molecule has 1 heterocycles. The van der Waals surface area contributed by atoms with Gasteiger partial charge in [0.05, 0.1) is 17.8 Å². The second-order valence-electron chi connectivity index (χ2n) is 5.75. The Morgan fingerprint density at radius 1 is 1.22 bits per heavy atom. The molecule has 140 valence electrons. The monoisotopic (exact) mass is 391 g/mol. The van der Waals surface area contributed by atoms with Crippen molar-refractivity contribution in [2.75, 3.05) is 5.32 Å². The quantitative estimate of drug-likeness (QED) is 0.660. The van der Waals surface area contributed by atoms with Crippen molar-refractivity contribution in [2.45, 2.75) is 20.1 Å². The first-order chi connectivity index (χ1) is 12.9. The molecule has 0 aliphatic rings. The van der Waals surface area contributed by atoms with Crippen LogP contribution in [-0.2, 0) is 6.54 Å². The Balaban J connectivity index is 1.79. The summed E-state index contributed by atoms with van der Waals surface area (Å²) < 4.78 is 30.5. The second kappa shape index (κ2) is 8.18. The van der Waals surface area contributed by atoms with E-state index in [2.05, 4.69) is 15.2 Å². The molecule has 3 rings (SSSR count). The predicted molar refractivity (Wildman–Crippen MR) is 98.5 cm³/mol. The highest BCUT2D eigenvalue weighted by molar-refractivity contribution is 6.33. The molecule has 0 saturated heterocycles. The average Bonchev–Trinajstić information content (AvgIpc) is 2.89. The third-order valence-corrected chi connectivity index (χ3v) is 4.17. The Morgan fingerprint density at radius 3 is 2.67 bits per heavy atom. The number of aromatic nitrogens is 2. The van der Waals surface area contributed by atoms with E-state index in [4.69, 9.17) is 11.6 Å². The van der Waals surface area contributed by atoms with Crippen molar-refractivity contribution >= 4 is 23.2 Å². The second-order valence-corrected chi connectivity index (χ2v) is 6.11. The van der Waals surface area contributed by atoms with Crippen molar-refractivity contribution in [1.29, 1.82) is 0 Å². The molecule has 1 amide bonds. The van der Waals surface area contributed by atoms with E-state index < -0.39 is 12.5 Å². The maximum Gasteiger partial charge on any atom is 0.387 e. The fourth-order valence-corrected chi connectivity index (χ4v) is 2.94. The number of amides is 1. The lowest BCUT2D eigenvalue weighted by Crippen LogP contribution is -2.13. The molecule has 0 aliphatic carbocycles. The number of hydrogen-bond acceptors (Lipinski definition) is 3. The van der Waals surface area contributed by atoms with Gasteiger partial charge in [0.2, 0.25) is 0 Å². The zero-order valence-corrected chi connectivity index (χ0v) is 15.1. The summed E-state index contributed by atoms with van der Waals surface area (Å²) in [4.78, 5) is 12.6. The van der Waals surface area contributed by atoms with Gasteiger partial charge >= 0.3 is 6.61 Å². The molecule has 8 heteroatoms. The zero-order valence-electron chi connectivity index (χ0n) is 14.3. The lowest BCUT2D eigenvalue weighted by Gasteiger charge is -2.08. The summed E-state index contributed by atoms with van der Waals surface area (Å²) in [7, 11) is 0. The van der Waals surface area contributed by atoms with E-state index in [0.29, 0.717) is 17.9 Å². The van der Waals surface area contributed by atoms with Crippen molar-refractivity contribution in [3.8, 4) is 5.75 Å². The highest BCUT2D eigenvalue weighted by Crippen LogP contribution is 2.24. The van der Waals surface area contributed by atoms with E-state index in [1.165, 1.54) is 22.9 Å². The van der Waals surface area contributed by atoms with E-state index in [0.717, 1.165) is 5.56 Å². The highest BCUT2D eigenvalue weighted by Gasteiger charge is 2.21. The van der Waals surface area contributed by atoms with Gasteiger partial charge in [-0.3, -0.25) is 4.79 Å².